The lowest BCUT2D eigenvalue weighted by Crippen LogP contribution is -2.58. The molecule has 1 aliphatic heterocycles. The van der Waals surface area contributed by atoms with Gasteiger partial charge in [-0.1, -0.05) is 18.2 Å². The van der Waals surface area contributed by atoms with Crippen LogP contribution in [0.2, 0.25) is 0 Å². The fraction of sp³-hybridized carbons (Fsp3) is 0.381. The van der Waals surface area contributed by atoms with Crippen LogP contribution in [0.3, 0.4) is 0 Å². The van der Waals surface area contributed by atoms with Gasteiger partial charge in [-0.3, -0.25) is 10.0 Å². The van der Waals surface area contributed by atoms with E-state index >= 15 is 0 Å². The first-order valence-corrected chi connectivity index (χ1v) is 11.0. The van der Waals surface area contributed by atoms with Crippen molar-refractivity contribution in [3.63, 3.8) is 0 Å². The lowest BCUT2D eigenvalue weighted by Gasteiger charge is -2.40. The van der Waals surface area contributed by atoms with Gasteiger partial charge in [0, 0.05) is 19.1 Å². The molecule has 2 aromatic rings. The molecular formula is C21H26N2O5S. The first-order chi connectivity index (χ1) is 13.8. The van der Waals surface area contributed by atoms with Crippen LogP contribution in [-0.2, 0) is 14.6 Å². The summed E-state index contributed by atoms with van der Waals surface area (Å²) in [5, 5.41) is 9.25. The van der Waals surface area contributed by atoms with Gasteiger partial charge >= 0.3 is 0 Å². The van der Waals surface area contributed by atoms with Gasteiger partial charge in [0.15, 0.2) is 14.6 Å². The van der Waals surface area contributed by atoms with Gasteiger partial charge in [0.25, 0.3) is 5.91 Å². The smallest absolute Gasteiger partial charge is 0.265 e. The van der Waals surface area contributed by atoms with Crippen LogP contribution in [0, 0.1) is 0 Å². The number of nitrogens with zero attached hydrogens (tertiary/aromatic N) is 1. The van der Waals surface area contributed by atoms with E-state index in [1.807, 2.05) is 32.0 Å². The number of nitrogens with one attached hydrogen (secondary N) is 1. The van der Waals surface area contributed by atoms with Crippen LogP contribution in [-0.4, -0.2) is 48.3 Å². The average Bonchev–Trinajstić information content (AvgIpc) is 2.74. The summed E-state index contributed by atoms with van der Waals surface area (Å²) in [7, 11) is -4.03. The van der Waals surface area contributed by atoms with Gasteiger partial charge < -0.3 is 9.64 Å². The minimum absolute atomic E-state index is 0.0273. The number of sulfone groups is 1. The van der Waals surface area contributed by atoms with Crippen LogP contribution < -0.4 is 10.2 Å². The van der Waals surface area contributed by atoms with Crippen molar-refractivity contribution in [2.75, 3.05) is 13.1 Å². The molecule has 0 saturated carbocycles. The van der Waals surface area contributed by atoms with Crippen molar-refractivity contribution in [2.24, 2.45) is 0 Å². The molecule has 0 aliphatic carbocycles. The minimum Gasteiger partial charge on any atom is -0.457 e. The van der Waals surface area contributed by atoms with Crippen LogP contribution in [0.4, 0.5) is 0 Å². The summed E-state index contributed by atoms with van der Waals surface area (Å²) in [6.45, 7) is 4.97. The van der Waals surface area contributed by atoms with Gasteiger partial charge in [0.05, 0.1) is 4.90 Å². The van der Waals surface area contributed by atoms with Crippen molar-refractivity contribution in [3.8, 4) is 11.5 Å². The van der Waals surface area contributed by atoms with E-state index in [9.17, 15) is 18.4 Å². The number of benzene rings is 2. The Kier molecular flexibility index (Phi) is 6.26. The van der Waals surface area contributed by atoms with E-state index in [4.69, 9.17) is 4.74 Å². The number of likely N-dealkylation sites (tertiary alicyclic amines) is 1. The highest BCUT2D eigenvalue weighted by Gasteiger charge is 2.53. The second kappa shape index (κ2) is 8.52. The number of amides is 1. The second-order valence-electron chi connectivity index (χ2n) is 7.45. The molecule has 7 nitrogen and oxygen atoms in total. The predicted molar refractivity (Wildman–Crippen MR) is 109 cm³/mol. The molecule has 156 valence electrons. The highest BCUT2D eigenvalue weighted by Crippen LogP contribution is 2.37. The molecule has 0 radical (unpaired) electrons. The zero-order valence-corrected chi connectivity index (χ0v) is 17.4. The Bertz CT molecular complexity index is 935. The van der Waals surface area contributed by atoms with Crippen LogP contribution >= 0.6 is 0 Å². The summed E-state index contributed by atoms with van der Waals surface area (Å²) in [5.41, 5.74) is 1.58. The third kappa shape index (κ3) is 4.14. The normalized spacial score (nSPS) is 17.1. The molecule has 1 fully saturated rings. The summed E-state index contributed by atoms with van der Waals surface area (Å²) in [4.78, 5) is 14.7. The number of hydrogen-bond donors (Lipinski definition) is 2. The number of carbonyl (C=O) groups is 1. The molecule has 0 unspecified atom stereocenters. The molecule has 0 spiro atoms. The predicted octanol–water partition coefficient (Wildman–Crippen LogP) is 3.00. The van der Waals surface area contributed by atoms with Crippen molar-refractivity contribution in [1.82, 2.24) is 10.4 Å². The molecule has 0 aromatic heterocycles. The Hall–Kier alpha value is -2.42. The van der Waals surface area contributed by atoms with Gasteiger partial charge in [-0.05, 0) is 63.1 Å². The van der Waals surface area contributed by atoms with Crippen molar-refractivity contribution >= 4 is 15.7 Å². The van der Waals surface area contributed by atoms with E-state index in [1.54, 1.807) is 29.7 Å². The lowest BCUT2D eigenvalue weighted by molar-refractivity contribution is -0.133. The maximum Gasteiger partial charge on any atom is 0.265 e. The SMILES string of the molecule is CC(C)N1CCC(C(=O)NO)(S(=O)(=O)c2ccc(Oc3ccccc3)cc2)CC1. The van der Waals surface area contributed by atoms with Gasteiger partial charge in [0.1, 0.15) is 11.5 Å². The van der Waals surface area contributed by atoms with Gasteiger partial charge in [-0.15, -0.1) is 0 Å². The maximum atomic E-state index is 13.4. The van der Waals surface area contributed by atoms with Crippen LogP contribution in [0.5, 0.6) is 11.5 Å². The van der Waals surface area contributed by atoms with Crippen molar-refractivity contribution in [3.05, 3.63) is 54.6 Å². The van der Waals surface area contributed by atoms with E-state index in [0.29, 0.717) is 24.6 Å². The first kappa shape index (κ1) is 21.3. The number of hydrogen-bond acceptors (Lipinski definition) is 6. The zero-order chi connectivity index (χ0) is 21.1. The highest BCUT2D eigenvalue weighted by atomic mass is 32.2. The molecule has 29 heavy (non-hydrogen) atoms. The number of piperidine rings is 1. The quantitative estimate of drug-likeness (QED) is 0.553. The number of rotatable bonds is 6. The molecule has 1 saturated heterocycles. The topological polar surface area (TPSA) is 95.9 Å². The summed E-state index contributed by atoms with van der Waals surface area (Å²) in [5.74, 6) is 0.247. The standard InChI is InChI=1S/C21H26N2O5S/c1-16(2)23-14-12-21(13-15-23,20(24)22-25)29(26,27)19-10-8-18(9-11-19)28-17-6-4-3-5-7-17/h3-11,16,25H,12-15H2,1-2H3,(H,22,24). The largest absolute Gasteiger partial charge is 0.457 e. The summed E-state index contributed by atoms with van der Waals surface area (Å²) >= 11 is 0. The van der Waals surface area contributed by atoms with Gasteiger partial charge in [-0.2, -0.15) is 0 Å². The minimum atomic E-state index is -4.03. The average molecular weight is 419 g/mol. The molecule has 1 aliphatic rings. The van der Waals surface area contributed by atoms with Crippen LogP contribution in [0.15, 0.2) is 59.5 Å². The Morgan fingerprint density at radius 2 is 1.59 bits per heavy atom. The fourth-order valence-corrected chi connectivity index (χ4v) is 5.61. The van der Waals surface area contributed by atoms with Gasteiger partial charge in [0.2, 0.25) is 0 Å². The van der Waals surface area contributed by atoms with E-state index in [0.717, 1.165) is 0 Å². The monoisotopic (exact) mass is 418 g/mol. The molecule has 8 heteroatoms. The maximum absolute atomic E-state index is 13.4. The Morgan fingerprint density at radius 3 is 2.10 bits per heavy atom. The van der Waals surface area contributed by atoms with Gasteiger partial charge in [-0.25, -0.2) is 13.9 Å². The van der Waals surface area contributed by atoms with Crippen molar-refractivity contribution in [1.29, 1.82) is 0 Å². The number of hydroxylamine groups is 1. The van der Waals surface area contributed by atoms with Crippen molar-refractivity contribution < 1.29 is 23.2 Å². The third-order valence-electron chi connectivity index (χ3n) is 5.48. The van der Waals surface area contributed by atoms with E-state index in [1.165, 1.54) is 12.1 Å². The molecule has 1 amide bonds. The van der Waals surface area contributed by atoms with Crippen LogP contribution in [0.25, 0.3) is 0 Å². The zero-order valence-electron chi connectivity index (χ0n) is 16.5. The second-order valence-corrected chi connectivity index (χ2v) is 9.71. The Labute approximate surface area is 171 Å². The number of para-hydroxylation sites is 1. The lowest BCUT2D eigenvalue weighted by atomic mass is 9.94. The van der Waals surface area contributed by atoms with Crippen molar-refractivity contribution in [2.45, 2.75) is 42.4 Å². The molecule has 2 aromatic carbocycles. The molecular weight excluding hydrogens is 392 g/mol. The van der Waals surface area contributed by atoms with E-state index in [-0.39, 0.29) is 23.8 Å². The molecule has 0 bridgehead atoms. The molecule has 3 rings (SSSR count). The van der Waals surface area contributed by atoms with E-state index < -0.39 is 20.5 Å². The summed E-state index contributed by atoms with van der Waals surface area (Å²) in [6.07, 6.45) is 0.227. The third-order valence-corrected chi connectivity index (χ3v) is 7.99. The highest BCUT2D eigenvalue weighted by molar-refractivity contribution is 7.93. The molecule has 2 N–H and O–H groups in total. The fourth-order valence-electron chi connectivity index (χ4n) is 3.66. The summed E-state index contributed by atoms with van der Waals surface area (Å²) in [6, 6.07) is 15.4. The Morgan fingerprint density at radius 1 is 1.03 bits per heavy atom. The Balaban J connectivity index is 1.87. The molecule has 0 atom stereocenters. The summed E-state index contributed by atoms with van der Waals surface area (Å²) < 4.78 is 30.9. The number of carbonyl (C=O) groups excluding carboxylic acids is 1. The molecule has 1 heterocycles. The van der Waals surface area contributed by atoms with Crippen LogP contribution in [0.1, 0.15) is 26.7 Å². The first-order valence-electron chi connectivity index (χ1n) is 9.56. The van der Waals surface area contributed by atoms with E-state index in [2.05, 4.69) is 4.90 Å². The number of ether oxygens (including phenoxy) is 1.